The third kappa shape index (κ3) is 3.99. The first-order valence-corrected chi connectivity index (χ1v) is 6.74. The van der Waals surface area contributed by atoms with Crippen LogP contribution in [0.15, 0.2) is 35.5 Å². The summed E-state index contributed by atoms with van der Waals surface area (Å²) in [5.41, 5.74) is -1.15. The Hall–Kier alpha value is -2.01. The van der Waals surface area contributed by atoms with Crippen molar-refractivity contribution in [1.29, 1.82) is 5.26 Å². The van der Waals surface area contributed by atoms with Crippen LogP contribution in [-0.4, -0.2) is 25.8 Å². The fourth-order valence-corrected chi connectivity index (χ4v) is 1.38. The topological polar surface area (TPSA) is 79.5 Å². The van der Waals surface area contributed by atoms with E-state index in [9.17, 15) is 17.2 Å². The third-order valence-electron chi connectivity index (χ3n) is 2.08. The number of hydrogen-bond acceptors (Lipinski definition) is 5. The molecule has 1 aromatic rings. The van der Waals surface area contributed by atoms with E-state index < -0.39 is 27.5 Å². The van der Waals surface area contributed by atoms with Crippen LogP contribution in [0.4, 0.5) is 8.78 Å². The molecule has 19 heavy (non-hydrogen) atoms. The van der Waals surface area contributed by atoms with Crippen LogP contribution in [0.3, 0.4) is 0 Å². The highest BCUT2D eigenvalue weighted by Crippen LogP contribution is 2.21. The number of alkyl halides is 2. The number of oxime groups is 1. The molecule has 0 atom stereocenters. The molecule has 102 valence electrons. The van der Waals surface area contributed by atoms with Gasteiger partial charge >= 0.3 is 16.0 Å². The van der Waals surface area contributed by atoms with Crippen LogP contribution in [0.25, 0.3) is 0 Å². The first kappa shape index (κ1) is 15.0. The van der Waals surface area contributed by atoms with Crippen molar-refractivity contribution in [2.75, 3.05) is 5.75 Å². The summed E-state index contributed by atoms with van der Waals surface area (Å²) in [5.74, 6) is -4.37. The Bertz CT molecular complexity index is 607. The summed E-state index contributed by atoms with van der Waals surface area (Å²) in [4.78, 5) is 0. The normalized spacial score (nSPS) is 12.8. The smallest absolute Gasteiger partial charge is 0.268 e. The van der Waals surface area contributed by atoms with E-state index in [0.29, 0.717) is 0 Å². The monoisotopic (exact) mass is 288 g/mol. The lowest BCUT2D eigenvalue weighted by atomic mass is 10.1. The van der Waals surface area contributed by atoms with E-state index in [0.717, 1.165) is 6.07 Å². The van der Waals surface area contributed by atoms with Gasteiger partial charge < -0.3 is 0 Å². The van der Waals surface area contributed by atoms with Gasteiger partial charge in [0.1, 0.15) is 6.07 Å². The molecule has 0 bridgehead atoms. The molecule has 0 aromatic heterocycles. The zero-order valence-electron chi connectivity index (χ0n) is 9.88. The summed E-state index contributed by atoms with van der Waals surface area (Å²) in [6.07, 6.45) is 0. The molecule has 0 aliphatic rings. The van der Waals surface area contributed by atoms with Crippen molar-refractivity contribution in [3.8, 4) is 6.07 Å². The second-order valence-electron chi connectivity index (χ2n) is 3.41. The van der Waals surface area contributed by atoms with E-state index in [1.807, 2.05) is 0 Å². The summed E-state index contributed by atoms with van der Waals surface area (Å²) in [6, 6.07) is 7.78. The zero-order valence-corrected chi connectivity index (χ0v) is 10.7. The van der Waals surface area contributed by atoms with E-state index in [-0.39, 0.29) is 5.56 Å². The summed E-state index contributed by atoms with van der Waals surface area (Å²) in [5, 5.41) is 11.4. The SMILES string of the molecule is CCS(=O)(=O)ON=C(c1ccccc1)C(F)(F)C#N. The van der Waals surface area contributed by atoms with Crippen LogP contribution in [0.1, 0.15) is 12.5 Å². The zero-order chi connectivity index (χ0) is 14.5. The first-order chi connectivity index (χ1) is 8.82. The molecule has 0 heterocycles. The lowest BCUT2D eigenvalue weighted by Gasteiger charge is -2.10. The van der Waals surface area contributed by atoms with Crippen molar-refractivity contribution in [3.63, 3.8) is 0 Å². The number of nitrogens with zero attached hydrogens (tertiary/aromatic N) is 2. The molecule has 8 heteroatoms. The number of halogens is 2. The molecule has 0 saturated carbocycles. The van der Waals surface area contributed by atoms with Gasteiger partial charge in [0.15, 0.2) is 5.71 Å². The molecule has 0 fully saturated rings. The minimum absolute atomic E-state index is 0.0969. The quantitative estimate of drug-likeness (QED) is 0.612. The highest BCUT2D eigenvalue weighted by Gasteiger charge is 2.38. The number of hydrogen-bond donors (Lipinski definition) is 0. The number of nitriles is 1. The molecule has 0 saturated heterocycles. The Kier molecular flexibility index (Phi) is 4.56. The second-order valence-corrected chi connectivity index (χ2v) is 5.25. The lowest BCUT2D eigenvalue weighted by molar-refractivity contribution is 0.139. The van der Waals surface area contributed by atoms with E-state index in [1.54, 1.807) is 6.07 Å². The molecule has 0 spiro atoms. The van der Waals surface area contributed by atoms with Crippen LogP contribution in [0, 0.1) is 11.3 Å². The maximum absolute atomic E-state index is 13.4. The van der Waals surface area contributed by atoms with Crippen molar-refractivity contribution in [2.24, 2.45) is 5.16 Å². The molecule has 0 N–H and O–H groups in total. The van der Waals surface area contributed by atoms with E-state index >= 15 is 0 Å². The van der Waals surface area contributed by atoms with Gasteiger partial charge in [0, 0.05) is 5.56 Å². The molecule has 0 amide bonds. The van der Waals surface area contributed by atoms with Gasteiger partial charge in [-0.2, -0.15) is 22.5 Å². The Balaban J connectivity index is 3.23. The fourth-order valence-electron chi connectivity index (χ4n) is 1.09. The molecule has 1 aromatic carbocycles. The molecule has 0 aliphatic carbocycles. The highest BCUT2D eigenvalue weighted by atomic mass is 32.2. The van der Waals surface area contributed by atoms with Crippen LogP contribution in [0.2, 0.25) is 0 Å². The molecule has 0 radical (unpaired) electrons. The average Bonchev–Trinajstić information content (AvgIpc) is 2.40. The standard InChI is InChI=1S/C11H10F2N2O3S/c1-2-19(16,17)18-15-10(11(12,13)8-14)9-6-4-3-5-7-9/h3-7H,2H2,1H3. The Morgan fingerprint density at radius 3 is 2.47 bits per heavy atom. The maximum atomic E-state index is 13.4. The number of rotatable bonds is 5. The van der Waals surface area contributed by atoms with Gasteiger partial charge in [-0.3, -0.25) is 4.28 Å². The summed E-state index contributed by atoms with van der Waals surface area (Å²) < 4.78 is 53.1. The fraction of sp³-hybridized carbons (Fsp3) is 0.273. The predicted octanol–water partition coefficient (Wildman–Crippen LogP) is 1.92. The summed E-state index contributed by atoms with van der Waals surface area (Å²) in [7, 11) is -4.02. The Labute approximate surface area is 109 Å². The summed E-state index contributed by atoms with van der Waals surface area (Å²) >= 11 is 0. The van der Waals surface area contributed by atoms with Crippen molar-refractivity contribution >= 4 is 15.8 Å². The average molecular weight is 288 g/mol. The third-order valence-corrected chi connectivity index (χ3v) is 3.09. The van der Waals surface area contributed by atoms with Crippen LogP contribution in [0.5, 0.6) is 0 Å². The number of benzene rings is 1. The van der Waals surface area contributed by atoms with Gasteiger partial charge in [0.05, 0.1) is 5.75 Å². The molecular formula is C11H10F2N2O3S. The predicted molar refractivity (Wildman–Crippen MR) is 64.1 cm³/mol. The minimum Gasteiger partial charge on any atom is -0.268 e. The van der Waals surface area contributed by atoms with Gasteiger partial charge in [-0.25, -0.2) is 0 Å². The van der Waals surface area contributed by atoms with Gasteiger partial charge in [-0.05, 0) is 6.92 Å². The summed E-state index contributed by atoms with van der Waals surface area (Å²) in [6.45, 7) is 1.27. The van der Waals surface area contributed by atoms with Crippen LogP contribution in [-0.2, 0) is 14.4 Å². The molecule has 5 nitrogen and oxygen atoms in total. The Morgan fingerprint density at radius 2 is 2.00 bits per heavy atom. The van der Waals surface area contributed by atoms with Gasteiger partial charge in [0.2, 0.25) is 0 Å². The van der Waals surface area contributed by atoms with Gasteiger partial charge in [0.25, 0.3) is 0 Å². The van der Waals surface area contributed by atoms with Crippen LogP contribution >= 0.6 is 0 Å². The lowest BCUT2D eigenvalue weighted by Crippen LogP contribution is -2.28. The van der Waals surface area contributed by atoms with Gasteiger partial charge in [-0.1, -0.05) is 35.5 Å². The second kappa shape index (κ2) is 5.75. The molecule has 1 rings (SSSR count). The van der Waals surface area contributed by atoms with E-state index in [4.69, 9.17) is 5.26 Å². The highest BCUT2D eigenvalue weighted by molar-refractivity contribution is 7.86. The van der Waals surface area contributed by atoms with Crippen LogP contribution < -0.4 is 0 Å². The Morgan fingerprint density at radius 1 is 1.42 bits per heavy atom. The molecule has 0 unspecified atom stereocenters. The van der Waals surface area contributed by atoms with Gasteiger partial charge in [-0.15, -0.1) is 0 Å². The van der Waals surface area contributed by atoms with E-state index in [2.05, 4.69) is 9.44 Å². The van der Waals surface area contributed by atoms with Crippen molar-refractivity contribution in [3.05, 3.63) is 35.9 Å². The molecule has 0 aliphatic heterocycles. The maximum Gasteiger partial charge on any atom is 0.377 e. The largest absolute Gasteiger partial charge is 0.377 e. The minimum atomic E-state index is -4.02. The first-order valence-electron chi connectivity index (χ1n) is 5.16. The molecular weight excluding hydrogens is 278 g/mol. The van der Waals surface area contributed by atoms with Crippen molar-refractivity contribution < 1.29 is 21.5 Å². The van der Waals surface area contributed by atoms with Crippen molar-refractivity contribution in [2.45, 2.75) is 12.8 Å². The van der Waals surface area contributed by atoms with E-state index in [1.165, 1.54) is 31.2 Å². The van der Waals surface area contributed by atoms with Crippen molar-refractivity contribution in [1.82, 2.24) is 0 Å².